The zero-order valence-electron chi connectivity index (χ0n) is 11.9. The molecule has 1 fully saturated rings. The first-order chi connectivity index (χ1) is 9.81. The molecule has 1 aliphatic rings. The van der Waals surface area contributed by atoms with Crippen molar-refractivity contribution in [2.24, 2.45) is 11.8 Å². The summed E-state index contributed by atoms with van der Waals surface area (Å²) in [5.41, 5.74) is 2.06. The van der Waals surface area contributed by atoms with Gasteiger partial charge >= 0.3 is 0 Å². The van der Waals surface area contributed by atoms with E-state index in [0.717, 1.165) is 24.3 Å². The molecule has 0 unspecified atom stereocenters. The van der Waals surface area contributed by atoms with Crippen LogP contribution in [-0.4, -0.2) is 0 Å². The lowest BCUT2D eigenvalue weighted by molar-refractivity contribution is 0.264. The highest BCUT2D eigenvalue weighted by Crippen LogP contribution is 2.33. The molecule has 0 aromatic heterocycles. The van der Waals surface area contributed by atoms with Gasteiger partial charge in [0.05, 0.1) is 18.0 Å². The molecule has 0 heterocycles. The van der Waals surface area contributed by atoms with E-state index in [0.29, 0.717) is 12.2 Å². The van der Waals surface area contributed by atoms with Crippen molar-refractivity contribution in [3.63, 3.8) is 0 Å². The average Bonchev–Trinajstić information content (AvgIpc) is 2.52. The lowest BCUT2D eigenvalue weighted by Gasteiger charge is -2.27. The van der Waals surface area contributed by atoms with Gasteiger partial charge in [0.1, 0.15) is 0 Å². The first-order valence-corrected chi connectivity index (χ1v) is 7.56. The Kier molecular flexibility index (Phi) is 5.80. The van der Waals surface area contributed by atoms with Crippen LogP contribution < -0.4 is 0 Å². The van der Waals surface area contributed by atoms with Crippen molar-refractivity contribution < 1.29 is 4.39 Å². The van der Waals surface area contributed by atoms with Gasteiger partial charge in [0, 0.05) is 0 Å². The van der Waals surface area contributed by atoms with Crippen molar-refractivity contribution in [1.29, 1.82) is 5.26 Å². The number of allylic oxidation sites excluding steroid dienone is 1. The Labute approximate surface area is 121 Å². The van der Waals surface area contributed by atoms with Crippen molar-refractivity contribution in [2.75, 3.05) is 0 Å². The lowest BCUT2D eigenvalue weighted by Crippen LogP contribution is -2.14. The van der Waals surface area contributed by atoms with E-state index in [1.807, 2.05) is 12.1 Å². The van der Waals surface area contributed by atoms with E-state index in [1.165, 1.54) is 37.7 Å². The van der Waals surface area contributed by atoms with Gasteiger partial charge < -0.3 is 0 Å². The van der Waals surface area contributed by atoms with Gasteiger partial charge in [0.25, 0.3) is 0 Å². The molecule has 0 bridgehead atoms. The van der Waals surface area contributed by atoms with Crippen molar-refractivity contribution in [2.45, 2.75) is 44.9 Å². The lowest BCUT2D eigenvalue weighted by atomic mass is 9.78. The molecule has 2 rings (SSSR count). The molecule has 106 valence electrons. The third-order valence-corrected chi connectivity index (χ3v) is 4.45. The fraction of sp³-hybridized carbons (Fsp3) is 0.500. The standard InChI is InChI=1S/C18H22FN/c19-13-1-2-15-3-5-16(6-4-15)7-8-17-9-11-18(14-20)12-10-17/h1,9-13,15-16H,2-8H2/t15-,16-. The van der Waals surface area contributed by atoms with Crippen LogP contribution in [-0.2, 0) is 6.42 Å². The van der Waals surface area contributed by atoms with Gasteiger partial charge in [-0.1, -0.05) is 31.1 Å². The molecule has 0 aliphatic heterocycles. The largest absolute Gasteiger partial charge is 0.216 e. The number of rotatable bonds is 5. The Morgan fingerprint density at radius 3 is 2.35 bits per heavy atom. The molecular weight excluding hydrogens is 249 g/mol. The first kappa shape index (κ1) is 14.8. The fourth-order valence-electron chi connectivity index (χ4n) is 3.12. The highest BCUT2D eigenvalue weighted by molar-refractivity contribution is 5.31. The maximum atomic E-state index is 12.0. The number of nitrogens with zero attached hydrogens (tertiary/aromatic N) is 1. The predicted octanol–water partition coefficient (Wildman–Crippen LogP) is 5.17. The monoisotopic (exact) mass is 271 g/mol. The summed E-state index contributed by atoms with van der Waals surface area (Å²) in [6.07, 6.45) is 10.6. The minimum atomic E-state index is 0.678. The summed E-state index contributed by atoms with van der Waals surface area (Å²) in [6.45, 7) is 0. The number of hydrogen-bond donors (Lipinski definition) is 0. The van der Waals surface area contributed by atoms with Crippen molar-refractivity contribution in [1.82, 2.24) is 0 Å². The molecule has 2 heteroatoms. The summed E-state index contributed by atoms with van der Waals surface area (Å²) in [7, 11) is 0. The number of hydrogen-bond acceptors (Lipinski definition) is 1. The third-order valence-electron chi connectivity index (χ3n) is 4.45. The van der Waals surface area contributed by atoms with Gasteiger partial charge in [-0.25, -0.2) is 4.39 Å². The quantitative estimate of drug-likeness (QED) is 0.724. The number of benzene rings is 1. The van der Waals surface area contributed by atoms with Gasteiger partial charge in [0.15, 0.2) is 0 Å². The van der Waals surface area contributed by atoms with E-state index in [1.54, 1.807) is 6.08 Å². The van der Waals surface area contributed by atoms with Crippen LogP contribution in [0, 0.1) is 23.2 Å². The zero-order valence-corrected chi connectivity index (χ0v) is 11.9. The van der Waals surface area contributed by atoms with Gasteiger partial charge in [-0.15, -0.1) is 0 Å². The Balaban J connectivity index is 1.71. The molecule has 0 spiro atoms. The van der Waals surface area contributed by atoms with Crippen molar-refractivity contribution in [3.05, 3.63) is 47.8 Å². The van der Waals surface area contributed by atoms with Gasteiger partial charge in [-0.3, -0.25) is 0 Å². The average molecular weight is 271 g/mol. The summed E-state index contributed by atoms with van der Waals surface area (Å²) >= 11 is 0. The van der Waals surface area contributed by atoms with Crippen molar-refractivity contribution in [3.8, 4) is 6.07 Å². The number of nitriles is 1. The Morgan fingerprint density at radius 1 is 1.10 bits per heavy atom. The molecule has 0 saturated heterocycles. The molecule has 1 aromatic carbocycles. The van der Waals surface area contributed by atoms with E-state index >= 15 is 0 Å². The maximum Gasteiger partial charge on any atom is 0.0991 e. The molecule has 0 radical (unpaired) electrons. The highest BCUT2D eigenvalue weighted by atomic mass is 19.1. The second-order valence-electron chi connectivity index (χ2n) is 5.83. The summed E-state index contributed by atoms with van der Waals surface area (Å²) in [4.78, 5) is 0. The Bertz CT molecular complexity index is 461. The van der Waals surface area contributed by atoms with Gasteiger partial charge in [-0.05, 0) is 61.6 Å². The second kappa shape index (κ2) is 7.85. The minimum absolute atomic E-state index is 0.678. The van der Waals surface area contributed by atoms with E-state index in [4.69, 9.17) is 5.26 Å². The SMILES string of the molecule is N#Cc1ccc(CC[C@H]2CC[C@H](CC=CF)CC2)cc1. The Hall–Kier alpha value is -1.62. The smallest absolute Gasteiger partial charge is 0.0991 e. The normalized spacial score (nSPS) is 22.8. The number of halogens is 1. The van der Waals surface area contributed by atoms with Crippen LogP contribution in [0.25, 0.3) is 0 Å². The highest BCUT2D eigenvalue weighted by Gasteiger charge is 2.20. The van der Waals surface area contributed by atoms with E-state index in [9.17, 15) is 4.39 Å². The van der Waals surface area contributed by atoms with E-state index in [2.05, 4.69) is 18.2 Å². The van der Waals surface area contributed by atoms with Gasteiger partial charge in [-0.2, -0.15) is 5.26 Å². The van der Waals surface area contributed by atoms with E-state index < -0.39 is 0 Å². The molecule has 1 saturated carbocycles. The van der Waals surface area contributed by atoms with Crippen LogP contribution in [0.15, 0.2) is 36.7 Å². The molecule has 1 aromatic rings. The van der Waals surface area contributed by atoms with Crippen LogP contribution in [0.3, 0.4) is 0 Å². The maximum absolute atomic E-state index is 12.0. The van der Waals surface area contributed by atoms with Gasteiger partial charge in [0.2, 0.25) is 0 Å². The van der Waals surface area contributed by atoms with Crippen molar-refractivity contribution >= 4 is 0 Å². The molecule has 20 heavy (non-hydrogen) atoms. The molecule has 1 aliphatic carbocycles. The summed E-state index contributed by atoms with van der Waals surface area (Å²) < 4.78 is 12.0. The van der Waals surface area contributed by atoms with Crippen LogP contribution in [0.4, 0.5) is 4.39 Å². The summed E-state index contributed by atoms with van der Waals surface area (Å²) in [6, 6.07) is 10.1. The molecule has 1 nitrogen and oxygen atoms in total. The second-order valence-corrected chi connectivity index (χ2v) is 5.83. The third kappa shape index (κ3) is 4.49. The van der Waals surface area contributed by atoms with Crippen LogP contribution in [0.5, 0.6) is 0 Å². The predicted molar refractivity (Wildman–Crippen MR) is 79.8 cm³/mol. The minimum Gasteiger partial charge on any atom is -0.216 e. The number of aryl methyl sites for hydroxylation is 1. The van der Waals surface area contributed by atoms with Crippen LogP contribution in [0.1, 0.15) is 49.7 Å². The van der Waals surface area contributed by atoms with Crippen LogP contribution >= 0.6 is 0 Å². The summed E-state index contributed by atoms with van der Waals surface area (Å²) in [5.74, 6) is 1.50. The fourth-order valence-corrected chi connectivity index (χ4v) is 3.12. The molecular formula is C18H22FN. The molecule has 0 N–H and O–H groups in total. The molecule has 0 amide bonds. The topological polar surface area (TPSA) is 23.8 Å². The first-order valence-electron chi connectivity index (χ1n) is 7.56. The van der Waals surface area contributed by atoms with Crippen LogP contribution in [0.2, 0.25) is 0 Å². The van der Waals surface area contributed by atoms with E-state index in [-0.39, 0.29) is 0 Å². The molecule has 0 atom stereocenters. The Morgan fingerprint density at radius 2 is 1.75 bits per heavy atom. The summed E-state index contributed by atoms with van der Waals surface area (Å²) in [5, 5.41) is 8.77. The zero-order chi connectivity index (χ0) is 14.2.